The fourth-order valence-electron chi connectivity index (χ4n) is 2.52. The number of thioether (sulfide) groups is 1. The summed E-state index contributed by atoms with van der Waals surface area (Å²) in [6, 6.07) is 17.4. The topological polar surface area (TPSA) is 47.8 Å². The highest BCUT2D eigenvalue weighted by Crippen LogP contribution is 2.28. The van der Waals surface area contributed by atoms with E-state index in [-0.39, 0.29) is 11.0 Å². The van der Waals surface area contributed by atoms with Gasteiger partial charge in [0.2, 0.25) is 0 Å². The second-order valence-corrected chi connectivity index (χ2v) is 7.77. The van der Waals surface area contributed by atoms with Gasteiger partial charge in [0.05, 0.1) is 5.25 Å². The van der Waals surface area contributed by atoms with E-state index in [0.717, 1.165) is 27.6 Å². The number of aromatic nitrogens is 3. The van der Waals surface area contributed by atoms with Gasteiger partial charge in [-0.1, -0.05) is 70.2 Å². The lowest BCUT2D eigenvalue weighted by Crippen LogP contribution is -2.14. The largest absolute Gasteiger partial charge is 0.302 e. The zero-order valence-electron chi connectivity index (χ0n) is 14.0. The molecule has 0 amide bonds. The van der Waals surface area contributed by atoms with E-state index in [1.165, 1.54) is 11.8 Å². The average Bonchev–Trinajstić information content (AvgIpc) is 3.05. The zero-order valence-corrected chi connectivity index (χ0v) is 16.4. The maximum atomic E-state index is 12.6. The molecule has 1 heterocycles. The molecule has 0 bridgehead atoms. The fraction of sp³-hybridized carbons (Fsp3) is 0.211. The van der Waals surface area contributed by atoms with Gasteiger partial charge >= 0.3 is 0 Å². The smallest absolute Gasteiger partial charge is 0.192 e. The number of benzene rings is 2. The highest BCUT2D eigenvalue weighted by Gasteiger charge is 2.21. The van der Waals surface area contributed by atoms with Crippen LogP contribution in [0.5, 0.6) is 0 Å². The first-order valence-corrected chi connectivity index (χ1v) is 9.72. The van der Waals surface area contributed by atoms with Crippen LogP contribution in [0.3, 0.4) is 0 Å². The monoisotopic (exact) mass is 415 g/mol. The first-order chi connectivity index (χ1) is 12.1. The molecule has 25 heavy (non-hydrogen) atoms. The van der Waals surface area contributed by atoms with Crippen molar-refractivity contribution in [2.75, 3.05) is 0 Å². The Hall–Kier alpha value is -1.92. The summed E-state index contributed by atoms with van der Waals surface area (Å²) >= 11 is 4.84. The maximum Gasteiger partial charge on any atom is 0.192 e. The third-order valence-electron chi connectivity index (χ3n) is 3.85. The molecule has 3 aromatic rings. The van der Waals surface area contributed by atoms with Gasteiger partial charge in [-0.2, -0.15) is 0 Å². The van der Waals surface area contributed by atoms with Gasteiger partial charge in [0.25, 0.3) is 0 Å². The van der Waals surface area contributed by atoms with Crippen LogP contribution in [0.25, 0.3) is 11.4 Å². The molecular weight excluding hydrogens is 398 g/mol. The summed E-state index contributed by atoms with van der Waals surface area (Å²) in [6.45, 7) is 4.71. The average molecular weight is 416 g/mol. The molecule has 1 aromatic heterocycles. The number of nitrogens with zero attached hydrogens (tertiary/aromatic N) is 3. The number of hydrogen-bond donors (Lipinski definition) is 0. The Labute approximate surface area is 159 Å². The summed E-state index contributed by atoms with van der Waals surface area (Å²) in [5.74, 6) is 0.915. The van der Waals surface area contributed by atoms with Crippen LogP contribution < -0.4 is 0 Å². The Morgan fingerprint density at radius 3 is 2.44 bits per heavy atom. The minimum absolute atomic E-state index is 0.0874. The van der Waals surface area contributed by atoms with Crippen molar-refractivity contribution < 1.29 is 4.79 Å². The van der Waals surface area contributed by atoms with Crippen molar-refractivity contribution in [3.05, 3.63) is 64.6 Å². The van der Waals surface area contributed by atoms with E-state index in [2.05, 4.69) is 33.1 Å². The third kappa shape index (κ3) is 4.02. The van der Waals surface area contributed by atoms with E-state index in [1.54, 1.807) is 0 Å². The predicted octanol–water partition coefficient (Wildman–Crippen LogP) is 5.09. The van der Waals surface area contributed by atoms with Gasteiger partial charge in [0.15, 0.2) is 16.8 Å². The van der Waals surface area contributed by atoms with Crippen LogP contribution in [0.1, 0.15) is 24.2 Å². The molecule has 3 rings (SSSR count). The van der Waals surface area contributed by atoms with E-state index in [4.69, 9.17) is 0 Å². The van der Waals surface area contributed by atoms with Gasteiger partial charge < -0.3 is 4.57 Å². The number of halogens is 1. The highest BCUT2D eigenvalue weighted by molar-refractivity contribution is 9.10. The number of Topliss-reactive ketones (excluding diaryl/α,β-unsaturated/α-hetero) is 1. The third-order valence-corrected chi connectivity index (χ3v) is 5.45. The number of carbonyl (C=O) groups is 1. The van der Waals surface area contributed by atoms with Crippen LogP contribution in [0, 0.1) is 0 Å². The first-order valence-electron chi connectivity index (χ1n) is 8.05. The van der Waals surface area contributed by atoms with Gasteiger partial charge in [-0.25, -0.2) is 0 Å². The van der Waals surface area contributed by atoms with E-state index in [0.29, 0.717) is 5.56 Å². The Balaban J connectivity index is 1.82. The second kappa shape index (κ2) is 7.97. The van der Waals surface area contributed by atoms with Crippen LogP contribution in [0.2, 0.25) is 0 Å². The molecule has 0 N–H and O–H groups in total. The summed E-state index contributed by atoms with van der Waals surface area (Å²) in [5, 5.41) is 9.16. The Bertz CT molecular complexity index is 862. The molecule has 0 saturated carbocycles. The zero-order chi connectivity index (χ0) is 17.8. The molecule has 2 aromatic carbocycles. The van der Waals surface area contributed by atoms with Crippen molar-refractivity contribution in [1.82, 2.24) is 14.8 Å². The normalized spacial score (nSPS) is 12.1. The first kappa shape index (κ1) is 17.9. The molecule has 0 aliphatic carbocycles. The molecule has 0 aliphatic heterocycles. The number of rotatable bonds is 6. The Morgan fingerprint density at radius 2 is 1.80 bits per heavy atom. The molecule has 0 aliphatic rings. The molecule has 0 radical (unpaired) electrons. The van der Waals surface area contributed by atoms with Crippen molar-refractivity contribution >= 4 is 33.5 Å². The second-order valence-electron chi connectivity index (χ2n) is 5.55. The van der Waals surface area contributed by atoms with Crippen molar-refractivity contribution in [2.45, 2.75) is 30.8 Å². The van der Waals surface area contributed by atoms with Crippen LogP contribution >= 0.6 is 27.7 Å². The van der Waals surface area contributed by atoms with E-state index in [1.807, 2.05) is 66.1 Å². The number of ketones is 1. The lowest BCUT2D eigenvalue weighted by atomic mass is 10.1. The van der Waals surface area contributed by atoms with Crippen LogP contribution in [-0.2, 0) is 6.54 Å². The van der Waals surface area contributed by atoms with Crippen molar-refractivity contribution in [1.29, 1.82) is 0 Å². The van der Waals surface area contributed by atoms with Crippen LogP contribution in [0.15, 0.2) is 64.2 Å². The minimum atomic E-state index is -0.237. The van der Waals surface area contributed by atoms with Crippen molar-refractivity contribution in [3.63, 3.8) is 0 Å². The molecule has 0 fully saturated rings. The highest BCUT2D eigenvalue weighted by atomic mass is 79.9. The van der Waals surface area contributed by atoms with Crippen molar-refractivity contribution in [3.8, 4) is 11.4 Å². The Morgan fingerprint density at radius 1 is 1.12 bits per heavy atom. The van der Waals surface area contributed by atoms with Crippen LogP contribution in [-0.4, -0.2) is 25.8 Å². The van der Waals surface area contributed by atoms with Gasteiger partial charge in [-0.15, -0.1) is 10.2 Å². The molecular formula is C19H18BrN3OS. The lowest BCUT2D eigenvalue weighted by molar-refractivity contribution is 0.0994. The van der Waals surface area contributed by atoms with Gasteiger partial charge in [0.1, 0.15) is 0 Å². The van der Waals surface area contributed by atoms with Crippen LogP contribution in [0.4, 0.5) is 0 Å². The Kier molecular flexibility index (Phi) is 5.71. The number of carbonyl (C=O) groups excluding carboxylic acids is 1. The molecule has 6 heteroatoms. The summed E-state index contributed by atoms with van der Waals surface area (Å²) < 4.78 is 3.01. The SMILES string of the molecule is CCn1c(S[C@H](C)C(=O)c2ccc(Br)cc2)nnc1-c1ccccc1. The maximum absolute atomic E-state index is 12.6. The number of hydrogen-bond acceptors (Lipinski definition) is 4. The van der Waals surface area contributed by atoms with Gasteiger partial charge in [-0.3, -0.25) is 4.79 Å². The predicted molar refractivity (Wildman–Crippen MR) is 105 cm³/mol. The molecule has 4 nitrogen and oxygen atoms in total. The van der Waals surface area contributed by atoms with Crippen molar-refractivity contribution in [2.24, 2.45) is 0 Å². The summed E-state index contributed by atoms with van der Waals surface area (Å²) in [4.78, 5) is 12.6. The fourth-order valence-corrected chi connectivity index (χ4v) is 3.78. The van der Waals surface area contributed by atoms with Gasteiger partial charge in [0, 0.05) is 22.1 Å². The molecule has 0 unspecified atom stereocenters. The molecule has 0 spiro atoms. The molecule has 128 valence electrons. The van der Waals surface area contributed by atoms with E-state index < -0.39 is 0 Å². The molecule has 1 atom stereocenters. The molecule has 0 saturated heterocycles. The summed E-state index contributed by atoms with van der Waals surface area (Å²) in [5.41, 5.74) is 1.73. The summed E-state index contributed by atoms with van der Waals surface area (Å²) in [6.07, 6.45) is 0. The standard InChI is InChI=1S/C19H18BrN3OS/c1-3-23-18(15-7-5-4-6-8-15)21-22-19(23)25-13(2)17(24)14-9-11-16(20)12-10-14/h4-13H,3H2,1-2H3/t13-/m1/s1. The summed E-state index contributed by atoms with van der Waals surface area (Å²) in [7, 11) is 0. The minimum Gasteiger partial charge on any atom is -0.302 e. The van der Waals surface area contributed by atoms with Gasteiger partial charge in [-0.05, 0) is 26.0 Å². The van der Waals surface area contributed by atoms with E-state index in [9.17, 15) is 4.79 Å². The quantitative estimate of drug-likeness (QED) is 0.415. The van der Waals surface area contributed by atoms with E-state index >= 15 is 0 Å². The lowest BCUT2D eigenvalue weighted by Gasteiger charge is -2.11.